The molecular weight excluding hydrogens is 352 g/mol. The average Bonchev–Trinajstić information content (AvgIpc) is 2.73. The van der Waals surface area contributed by atoms with Crippen LogP contribution in [0, 0.1) is 12.3 Å². The Hall–Kier alpha value is -2.37. The van der Waals surface area contributed by atoms with E-state index in [0.29, 0.717) is 39.2 Å². The Labute approximate surface area is 167 Å². The summed E-state index contributed by atoms with van der Waals surface area (Å²) < 4.78 is 11.3. The van der Waals surface area contributed by atoms with Crippen molar-refractivity contribution >= 4 is 5.91 Å². The van der Waals surface area contributed by atoms with Gasteiger partial charge in [-0.2, -0.15) is 0 Å². The number of rotatable bonds is 7. The molecule has 1 atom stereocenters. The number of ether oxygens (including phenoxy) is 2. The van der Waals surface area contributed by atoms with Gasteiger partial charge in [0.1, 0.15) is 12.4 Å². The molecule has 1 saturated heterocycles. The lowest BCUT2D eigenvalue weighted by Gasteiger charge is -2.35. The number of nitrogens with one attached hydrogen (secondary N) is 1. The summed E-state index contributed by atoms with van der Waals surface area (Å²) in [5.41, 5.74) is 8.83. The summed E-state index contributed by atoms with van der Waals surface area (Å²) in [5, 5.41) is 3.13. The van der Waals surface area contributed by atoms with Gasteiger partial charge in [0.25, 0.3) is 0 Å². The third kappa shape index (κ3) is 4.91. The molecule has 1 unspecified atom stereocenters. The van der Waals surface area contributed by atoms with E-state index < -0.39 is 5.41 Å². The van der Waals surface area contributed by atoms with Crippen molar-refractivity contribution in [1.82, 2.24) is 5.32 Å². The van der Waals surface area contributed by atoms with Crippen molar-refractivity contribution in [3.05, 3.63) is 65.2 Å². The van der Waals surface area contributed by atoms with Gasteiger partial charge in [-0.3, -0.25) is 4.79 Å². The average molecular weight is 383 g/mol. The van der Waals surface area contributed by atoms with Crippen molar-refractivity contribution in [3.63, 3.8) is 0 Å². The van der Waals surface area contributed by atoms with Gasteiger partial charge in [0.05, 0.1) is 11.5 Å². The third-order valence-corrected chi connectivity index (χ3v) is 5.54. The maximum atomic E-state index is 12.8. The standard InChI is InChI=1S/C23H30N2O3/c1-17-4-3-5-19(14-17)15-28-21-8-6-20(7-9-21)18(2)25-22(26)23(16-24)10-12-27-13-11-23/h3-9,14,18H,10-13,15-16,24H2,1-2H3,(H,25,26). The molecule has 0 radical (unpaired) electrons. The first-order valence-corrected chi connectivity index (χ1v) is 9.89. The van der Waals surface area contributed by atoms with Crippen LogP contribution in [-0.2, 0) is 16.1 Å². The second-order valence-corrected chi connectivity index (χ2v) is 7.64. The van der Waals surface area contributed by atoms with E-state index >= 15 is 0 Å². The number of aryl methyl sites for hydroxylation is 1. The number of carbonyl (C=O) groups excluding carboxylic acids is 1. The molecule has 0 bridgehead atoms. The number of amides is 1. The molecule has 2 aromatic rings. The quantitative estimate of drug-likeness (QED) is 0.769. The van der Waals surface area contributed by atoms with Crippen molar-refractivity contribution in [2.75, 3.05) is 19.8 Å². The fourth-order valence-electron chi connectivity index (χ4n) is 3.54. The molecule has 1 heterocycles. The van der Waals surface area contributed by atoms with Gasteiger partial charge in [0, 0.05) is 19.8 Å². The summed E-state index contributed by atoms with van der Waals surface area (Å²) in [6.45, 7) is 6.13. The van der Waals surface area contributed by atoms with E-state index in [4.69, 9.17) is 15.2 Å². The van der Waals surface area contributed by atoms with E-state index in [1.54, 1.807) is 0 Å². The summed E-state index contributed by atoms with van der Waals surface area (Å²) in [4.78, 5) is 12.8. The number of hydrogen-bond donors (Lipinski definition) is 2. The van der Waals surface area contributed by atoms with Crippen molar-refractivity contribution in [2.24, 2.45) is 11.1 Å². The van der Waals surface area contributed by atoms with Crippen LogP contribution in [0.4, 0.5) is 0 Å². The Kier molecular flexibility index (Phi) is 6.70. The van der Waals surface area contributed by atoms with Gasteiger partial charge in [0.15, 0.2) is 0 Å². The monoisotopic (exact) mass is 382 g/mol. The lowest BCUT2D eigenvalue weighted by atomic mass is 9.79. The van der Waals surface area contributed by atoms with Gasteiger partial charge in [0.2, 0.25) is 5.91 Å². The fourth-order valence-corrected chi connectivity index (χ4v) is 3.54. The van der Waals surface area contributed by atoms with E-state index in [2.05, 4.69) is 30.4 Å². The van der Waals surface area contributed by atoms with E-state index in [1.165, 1.54) is 5.56 Å². The first-order valence-electron chi connectivity index (χ1n) is 9.89. The van der Waals surface area contributed by atoms with E-state index in [1.807, 2.05) is 37.3 Å². The maximum absolute atomic E-state index is 12.8. The molecule has 2 aromatic carbocycles. The van der Waals surface area contributed by atoms with Crippen LogP contribution in [0.2, 0.25) is 0 Å². The lowest BCUT2D eigenvalue weighted by molar-refractivity contribution is -0.136. The summed E-state index contributed by atoms with van der Waals surface area (Å²) in [7, 11) is 0. The number of nitrogens with two attached hydrogens (primary N) is 1. The Bertz CT molecular complexity index is 783. The first kappa shape index (κ1) is 20.4. The van der Waals surface area contributed by atoms with E-state index in [-0.39, 0.29) is 11.9 Å². The van der Waals surface area contributed by atoms with Gasteiger partial charge in [-0.25, -0.2) is 0 Å². The van der Waals surface area contributed by atoms with Crippen LogP contribution in [0.1, 0.15) is 42.5 Å². The minimum absolute atomic E-state index is 0.0190. The van der Waals surface area contributed by atoms with E-state index in [0.717, 1.165) is 16.9 Å². The topological polar surface area (TPSA) is 73.6 Å². The van der Waals surface area contributed by atoms with Crippen LogP contribution in [0.15, 0.2) is 48.5 Å². The number of hydrogen-bond acceptors (Lipinski definition) is 4. The van der Waals surface area contributed by atoms with E-state index in [9.17, 15) is 4.79 Å². The molecule has 28 heavy (non-hydrogen) atoms. The zero-order valence-corrected chi connectivity index (χ0v) is 16.7. The van der Waals surface area contributed by atoms with Crippen molar-refractivity contribution < 1.29 is 14.3 Å². The highest BCUT2D eigenvalue weighted by Gasteiger charge is 2.39. The molecule has 1 aliphatic rings. The summed E-state index contributed by atoms with van der Waals surface area (Å²) in [6.07, 6.45) is 1.35. The molecular formula is C23H30N2O3. The van der Waals surface area contributed by atoms with Gasteiger partial charge in [-0.15, -0.1) is 0 Å². The predicted octanol–water partition coefficient (Wildman–Crippen LogP) is 3.51. The van der Waals surface area contributed by atoms with Crippen LogP contribution in [0.3, 0.4) is 0 Å². The summed E-state index contributed by atoms with van der Waals surface area (Å²) in [6, 6.07) is 16.1. The Balaban J connectivity index is 1.57. The molecule has 5 nitrogen and oxygen atoms in total. The zero-order valence-electron chi connectivity index (χ0n) is 16.7. The molecule has 0 spiro atoms. The maximum Gasteiger partial charge on any atom is 0.228 e. The second kappa shape index (κ2) is 9.22. The largest absolute Gasteiger partial charge is 0.489 e. The minimum atomic E-state index is -0.511. The highest BCUT2D eigenvalue weighted by molar-refractivity contribution is 5.83. The number of benzene rings is 2. The summed E-state index contributed by atoms with van der Waals surface area (Å²) in [5.74, 6) is 0.831. The van der Waals surface area contributed by atoms with Gasteiger partial charge < -0.3 is 20.5 Å². The normalized spacial score (nSPS) is 17.0. The molecule has 5 heteroatoms. The molecule has 1 fully saturated rings. The second-order valence-electron chi connectivity index (χ2n) is 7.64. The first-order chi connectivity index (χ1) is 13.5. The predicted molar refractivity (Wildman–Crippen MR) is 110 cm³/mol. The number of carbonyl (C=O) groups is 1. The molecule has 1 aliphatic heterocycles. The Morgan fingerprint density at radius 2 is 1.93 bits per heavy atom. The smallest absolute Gasteiger partial charge is 0.228 e. The molecule has 1 amide bonds. The molecule has 0 saturated carbocycles. The SMILES string of the molecule is Cc1cccc(COc2ccc(C(C)NC(=O)C3(CN)CCOCC3)cc2)c1. The van der Waals surface area contributed by atoms with Crippen LogP contribution < -0.4 is 15.8 Å². The van der Waals surface area contributed by atoms with Crippen LogP contribution >= 0.6 is 0 Å². The molecule has 3 N–H and O–H groups in total. The molecule has 0 aromatic heterocycles. The Morgan fingerprint density at radius 3 is 2.57 bits per heavy atom. The fraction of sp³-hybridized carbons (Fsp3) is 0.435. The third-order valence-electron chi connectivity index (χ3n) is 5.54. The van der Waals surface area contributed by atoms with Gasteiger partial charge in [-0.05, 0) is 49.9 Å². The van der Waals surface area contributed by atoms with Crippen LogP contribution in [-0.4, -0.2) is 25.7 Å². The summed E-state index contributed by atoms with van der Waals surface area (Å²) >= 11 is 0. The van der Waals surface area contributed by atoms with Crippen molar-refractivity contribution in [1.29, 1.82) is 0 Å². The van der Waals surface area contributed by atoms with Crippen molar-refractivity contribution in [2.45, 2.75) is 39.3 Å². The minimum Gasteiger partial charge on any atom is -0.489 e. The van der Waals surface area contributed by atoms with Crippen LogP contribution in [0.5, 0.6) is 5.75 Å². The zero-order chi connectivity index (χ0) is 20.0. The molecule has 150 valence electrons. The van der Waals surface area contributed by atoms with Gasteiger partial charge >= 0.3 is 0 Å². The highest BCUT2D eigenvalue weighted by Crippen LogP contribution is 2.30. The Morgan fingerprint density at radius 1 is 1.21 bits per heavy atom. The van der Waals surface area contributed by atoms with Crippen molar-refractivity contribution in [3.8, 4) is 5.75 Å². The highest BCUT2D eigenvalue weighted by atomic mass is 16.5. The van der Waals surface area contributed by atoms with Gasteiger partial charge in [-0.1, -0.05) is 42.0 Å². The molecule has 3 rings (SSSR count). The lowest BCUT2D eigenvalue weighted by Crippen LogP contribution is -2.49. The molecule has 0 aliphatic carbocycles. The van der Waals surface area contributed by atoms with Crippen LogP contribution in [0.25, 0.3) is 0 Å².